The van der Waals surface area contributed by atoms with Crippen molar-refractivity contribution in [1.29, 1.82) is 0 Å². The third-order valence-corrected chi connectivity index (χ3v) is 8.90. The predicted molar refractivity (Wildman–Crippen MR) is 119 cm³/mol. The first kappa shape index (κ1) is 25.6. The number of benzene rings is 2. The molecule has 0 saturated carbocycles. The van der Waals surface area contributed by atoms with Gasteiger partial charge in [-0.15, -0.1) is 0 Å². The van der Waals surface area contributed by atoms with E-state index in [1.54, 1.807) is 6.92 Å². The van der Waals surface area contributed by atoms with Crippen LogP contribution in [0, 0.1) is 0 Å². The van der Waals surface area contributed by atoms with Gasteiger partial charge in [0.25, 0.3) is 0 Å². The molecule has 0 fully saturated rings. The lowest BCUT2D eigenvalue weighted by atomic mass is 10.0. The summed E-state index contributed by atoms with van der Waals surface area (Å²) in [6.45, 7) is 2.59. The number of hydrogen-bond acceptors (Lipinski definition) is 4. The van der Waals surface area contributed by atoms with E-state index in [0.29, 0.717) is 18.7 Å². The van der Waals surface area contributed by atoms with E-state index < -0.39 is 20.6 Å². The molecule has 0 amide bonds. The fraction of sp³-hybridized carbons (Fsp3) is 0.381. The van der Waals surface area contributed by atoms with Crippen LogP contribution in [0.1, 0.15) is 46.8 Å². The van der Waals surface area contributed by atoms with Gasteiger partial charge < -0.3 is 24.5 Å². The van der Waals surface area contributed by atoms with Gasteiger partial charge >= 0.3 is 15.2 Å². The highest BCUT2D eigenvalue weighted by atomic mass is 31.2. The number of rotatable bonds is 11. The number of nitrogens with zero attached hydrogens (tertiary/aromatic N) is 1. The summed E-state index contributed by atoms with van der Waals surface area (Å²) in [6, 6.07) is 15.6. The molecule has 0 saturated heterocycles. The normalized spacial score (nSPS) is 12.5. The Morgan fingerprint density at radius 1 is 0.871 bits per heavy atom. The molecule has 8 nitrogen and oxygen atoms in total. The van der Waals surface area contributed by atoms with Crippen LogP contribution in [0.4, 0.5) is 0 Å². The van der Waals surface area contributed by atoms with Gasteiger partial charge in [-0.3, -0.25) is 13.9 Å². The largest absolute Gasteiger partial charge is 0.340 e. The van der Waals surface area contributed by atoms with Crippen LogP contribution >= 0.6 is 15.2 Å². The fourth-order valence-electron chi connectivity index (χ4n) is 3.32. The monoisotopic (exact) mass is 469 g/mol. The molecule has 0 heterocycles. The van der Waals surface area contributed by atoms with Crippen molar-refractivity contribution in [2.24, 2.45) is 0 Å². The lowest BCUT2D eigenvalue weighted by Crippen LogP contribution is -2.20. The van der Waals surface area contributed by atoms with Crippen LogP contribution in [0.15, 0.2) is 48.5 Å². The summed E-state index contributed by atoms with van der Waals surface area (Å²) in [4.78, 5) is 50.0. The molecule has 170 valence electrons. The summed E-state index contributed by atoms with van der Waals surface area (Å²) in [5, 5.41) is -1.95. The molecule has 0 aliphatic carbocycles. The van der Waals surface area contributed by atoms with Gasteiger partial charge in [-0.25, -0.2) is 0 Å². The molecule has 0 atom stereocenters. The van der Waals surface area contributed by atoms with Crippen LogP contribution in [0.25, 0.3) is 0 Å². The minimum atomic E-state index is -4.86. The van der Waals surface area contributed by atoms with Gasteiger partial charge in [0.05, 0.1) is 0 Å². The second kappa shape index (κ2) is 10.8. The average molecular weight is 469 g/mol. The standard InChI is InChI=1S/C21H29NO7P2/c1-16(23)20-11-9-18(10-12-20)14-17-5-7-19(8-6-17)15-22(2)13-3-4-21(30(24,25)26)31(27,28)29/h5-12,21H,3-4,13-15H2,1-2H3,(H2,24,25,26)(H2,27,28,29). The first-order chi connectivity index (χ1) is 14.4. The third-order valence-electron chi connectivity index (χ3n) is 5.02. The highest BCUT2D eigenvalue weighted by molar-refractivity contribution is 7.70. The zero-order valence-corrected chi connectivity index (χ0v) is 19.4. The second-order valence-corrected chi connectivity index (χ2v) is 11.8. The number of carbonyl (C=O) groups is 1. The minimum absolute atomic E-state index is 0.0408. The molecular formula is C21H29NO7P2. The van der Waals surface area contributed by atoms with Crippen molar-refractivity contribution in [3.63, 3.8) is 0 Å². The summed E-state index contributed by atoms with van der Waals surface area (Å²) in [5.74, 6) is 0.0408. The van der Waals surface area contributed by atoms with Crippen molar-refractivity contribution in [3.8, 4) is 0 Å². The fourth-order valence-corrected chi connectivity index (χ4v) is 5.93. The van der Waals surface area contributed by atoms with Crippen LogP contribution in [0.2, 0.25) is 0 Å². The zero-order valence-electron chi connectivity index (χ0n) is 17.6. The van der Waals surface area contributed by atoms with E-state index in [4.69, 9.17) is 0 Å². The van der Waals surface area contributed by atoms with Crippen LogP contribution in [0.3, 0.4) is 0 Å². The Labute approximate surface area is 182 Å². The summed E-state index contributed by atoms with van der Waals surface area (Å²) in [5.41, 5.74) is 3.99. The Morgan fingerprint density at radius 2 is 1.32 bits per heavy atom. The Bertz CT molecular complexity index is 942. The van der Waals surface area contributed by atoms with Gasteiger partial charge in [0.2, 0.25) is 0 Å². The predicted octanol–water partition coefficient (Wildman–Crippen LogP) is 3.37. The van der Waals surface area contributed by atoms with E-state index >= 15 is 0 Å². The van der Waals surface area contributed by atoms with Crippen molar-refractivity contribution >= 4 is 21.0 Å². The third kappa shape index (κ3) is 8.43. The summed E-state index contributed by atoms with van der Waals surface area (Å²) in [6.07, 6.45) is 0.756. The molecule has 0 aromatic heterocycles. The summed E-state index contributed by atoms with van der Waals surface area (Å²) >= 11 is 0. The molecule has 2 rings (SSSR count). The highest BCUT2D eigenvalue weighted by Crippen LogP contribution is 2.61. The van der Waals surface area contributed by atoms with E-state index in [0.717, 1.165) is 23.1 Å². The molecule has 4 N–H and O–H groups in total. The van der Waals surface area contributed by atoms with Crippen molar-refractivity contribution in [2.45, 2.75) is 38.1 Å². The molecule has 31 heavy (non-hydrogen) atoms. The van der Waals surface area contributed by atoms with E-state index in [-0.39, 0.29) is 18.6 Å². The van der Waals surface area contributed by atoms with Crippen LogP contribution in [-0.4, -0.2) is 49.2 Å². The number of Topliss-reactive ketones (excluding diaryl/α,β-unsaturated/α-hetero) is 1. The van der Waals surface area contributed by atoms with E-state index in [1.165, 1.54) is 0 Å². The SMILES string of the molecule is CC(=O)c1ccc(Cc2ccc(CN(C)CCCC(P(=O)(O)O)P(=O)(O)O)cc2)cc1. The Kier molecular flexibility index (Phi) is 8.92. The second-order valence-electron chi connectivity index (χ2n) is 7.79. The molecule has 0 unspecified atom stereocenters. The van der Waals surface area contributed by atoms with Crippen LogP contribution in [0.5, 0.6) is 0 Å². The average Bonchev–Trinajstić information content (AvgIpc) is 2.65. The van der Waals surface area contributed by atoms with Crippen molar-refractivity contribution in [3.05, 3.63) is 70.8 Å². The number of ketones is 1. The maximum absolute atomic E-state index is 11.4. The smallest absolute Gasteiger partial charge is 0.324 e. The van der Waals surface area contributed by atoms with E-state index in [1.807, 2.05) is 60.5 Å². The Morgan fingerprint density at radius 3 is 1.77 bits per heavy atom. The maximum Gasteiger partial charge on any atom is 0.340 e. The summed E-state index contributed by atoms with van der Waals surface area (Å²) < 4.78 is 22.7. The quantitative estimate of drug-likeness (QED) is 0.291. The molecule has 2 aromatic carbocycles. The molecule has 0 aliphatic rings. The number of carbonyl (C=O) groups excluding carboxylic acids is 1. The van der Waals surface area contributed by atoms with Crippen LogP contribution in [-0.2, 0) is 22.1 Å². The van der Waals surface area contributed by atoms with Crippen molar-refractivity contribution < 1.29 is 33.5 Å². The molecular weight excluding hydrogens is 440 g/mol. The molecule has 0 bridgehead atoms. The molecule has 2 aromatic rings. The van der Waals surface area contributed by atoms with Crippen molar-refractivity contribution in [2.75, 3.05) is 13.6 Å². The van der Waals surface area contributed by atoms with E-state index in [9.17, 15) is 33.5 Å². The molecule has 0 radical (unpaired) electrons. The topological polar surface area (TPSA) is 135 Å². The number of hydrogen-bond donors (Lipinski definition) is 4. The zero-order chi connectivity index (χ0) is 23.2. The Balaban J connectivity index is 1.86. The van der Waals surface area contributed by atoms with Crippen molar-refractivity contribution in [1.82, 2.24) is 4.90 Å². The van der Waals surface area contributed by atoms with Gasteiger partial charge in [0.15, 0.2) is 11.2 Å². The first-order valence-corrected chi connectivity index (χ1v) is 13.2. The summed E-state index contributed by atoms with van der Waals surface area (Å²) in [7, 11) is -7.89. The van der Waals surface area contributed by atoms with Gasteiger partial charge in [-0.1, -0.05) is 48.5 Å². The Hall–Kier alpha value is -1.63. The van der Waals surface area contributed by atoms with Gasteiger partial charge in [-0.2, -0.15) is 0 Å². The molecule has 0 spiro atoms. The lowest BCUT2D eigenvalue weighted by molar-refractivity contribution is 0.101. The lowest BCUT2D eigenvalue weighted by Gasteiger charge is -2.21. The van der Waals surface area contributed by atoms with E-state index in [2.05, 4.69) is 0 Å². The van der Waals surface area contributed by atoms with Gasteiger partial charge in [0, 0.05) is 12.1 Å². The molecule has 0 aliphatic heterocycles. The van der Waals surface area contributed by atoms with Gasteiger partial charge in [0.1, 0.15) is 0 Å². The molecule has 10 heteroatoms. The maximum atomic E-state index is 11.4. The first-order valence-electron chi connectivity index (χ1n) is 9.83. The van der Waals surface area contributed by atoms with Crippen LogP contribution < -0.4 is 0 Å². The minimum Gasteiger partial charge on any atom is -0.324 e. The highest BCUT2D eigenvalue weighted by Gasteiger charge is 2.42. The van der Waals surface area contributed by atoms with Gasteiger partial charge in [-0.05, 0) is 56.5 Å².